The van der Waals surface area contributed by atoms with Gasteiger partial charge in [-0.05, 0) is 36.2 Å². The minimum absolute atomic E-state index is 0.0871. The van der Waals surface area contributed by atoms with E-state index in [4.69, 9.17) is 18.9 Å². The van der Waals surface area contributed by atoms with E-state index in [1.54, 1.807) is 28.4 Å². The van der Waals surface area contributed by atoms with Gasteiger partial charge in [0.15, 0.2) is 0 Å². The third-order valence-electron chi connectivity index (χ3n) is 5.94. The third kappa shape index (κ3) is 4.21. The van der Waals surface area contributed by atoms with Crippen LogP contribution in [-0.4, -0.2) is 44.5 Å². The minimum Gasteiger partial charge on any atom is -0.497 e. The average molecular weight is 423 g/mol. The van der Waals surface area contributed by atoms with Gasteiger partial charge in [-0.3, -0.25) is 4.90 Å². The highest BCUT2D eigenvalue weighted by Crippen LogP contribution is 2.39. The second-order valence-electron chi connectivity index (χ2n) is 7.64. The number of fused-ring (bicyclic) bond motifs is 1. The fourth-order valence-electron chi connectivity index (χ4n) is 4.44. The Hall–Kier alpha value is -3.12. The smallest absolute Gasteiger partial charge is 0.130 e. The van der Waals surface area contributed by atoms with Crippen LogP contribution in [0.25, 0.3) is 0 Å². The predicted molar refractivity (Wildman–Crippen MR) is 120 cm³/mol. The fourth-order valence-corrected chi connectivity index (χ4v) is 4.44. The van der Waals surface area contributed by atoms with E-state index in [-0.39, 0.29) is 6.04 Å². The largest absolute Gasteiger partial charge is 0.497 e. The summed E-state index contributed by atoms with van der Waals surface area (Å²) < 4.78 is 24.7. The van der Waals surface area contributed by atoms with Crippen molar-refractivity contribution in [2.24, 2.45) is 0 Å². The van der Waals surface area contributed by atoms with E-state index < -0.39 is 0 Å². The fraction of sp³-hybridized carbons (Fsp3) is 0.360. The summed E-state index contributed by atoms with van der Waals surface area (Å²) in [5.41, 5.74) is 3.49. The Morgan fingerprint density at radius 3 is 2.23 bits per heavy atom. The van der Waals surface area contributed by atoms with Crippen LogP contribution in [0, 0.1) is 0 Å². The van der Waals surface area contributed by atoms with Gasteiger partial charge in [-0.15, -0.1) is 0 Å². The number of aromatic nitrogens is 1. The number of hydrogen-bond acceptors (Lipinski definition) is 5. The Morgan fingerprint density at radius 2 is 1.55 bits per heavy atom. The van der Waals surface area contributed by atoms with Gasteiger partial charge in [0.1, 0.15) is 23.0 Å². The molecule has 6 nitrogen and oxygen atoms in total. The molecule has 0 spiro atoms. The first-order chi connectivity index (χ1) is 15.2. The molecule has 2 heterocycles. The lowest BCUT2D eigenvalue weighted by Gasteiger charge is -2.31. The Bertz CT molecular complexity index is 1000. The minimum atomic E-state index is 0.0871. The van der Waals surface area contributed by atoms with Crippen LogP contribution in [0.1, 0.15) is 29.3 Å². The predicted octanol–water partition coefficient (Wildman–Crippen LogP) is 4.52. The topological polar surface area (TPSA) is 45.1 Å². The van der Waals surface area contributed by atoms with Crippen molar-refractivity contribution in [3.63, 3.8) is 0 Å². The van der Waals surface area contributed by atoms with Crippen molar-refractivity contribution in [1.82, 2.24) is 9.47 Å². The molecule has 0 fully saturated rings. The molecule has 0 N–H and O–H groups in total. The molecule has 1 aromatic heterocycles. The highest BCUT2D eigenvalue weighted by atomic mass is 16.5. The Labute approximate surface area is 183 Å². The van der Waals surface area contributed by atoms with E-state index in [2.05, 4.69) is 46.0 Å². The number of rotatable bonds is 7. The molecule has 1 aliphatic rings. The Kier molecular flexibility index (Phi) is 6.37. The molecule has 31 heavy (non-hydrogen) atoms. The van der Waals surface area contributed by atoms with E-state index in [1.165, 1.54) is 11.3 Å². The molecule has 0 aliphatic carbocycles. The van der Waals surface area contributed by atoms with Crippen LogP contribution >= 0.6 is 0 Å². The number of aryl methyl sites for hydroxylation is 1. The maximum absolute atomic E-state index is 5.72. The number of hydrogen-bond donors (Lipinski definition) is 0. The second kappa shape index (κ2) is 9.35. The molecule has 164 valence electrons. The van der Waals surface area contributed by atoms with Crippen molar-refractivity contribution in [2.75, 3.05) is 35.0 Å². The molecule has 1 unspecified atom stereocenters. The molecule has 4 rings (SSSR count). The van der Waals surface area contributed by atoms with Gasteiger partial charge in [0.2, 0.25) is 0 Å². The summed E-state index contributed by atoms with van der Waals surface area (Å²) in [5.74, 6) is 3.10. The summed E-state index contributed by atoms with van der Waals surface area (Å²) in [4.78, 5) is 2.49. The molecule has 1 aliphatic heterocycles. The third-order valence-corrected chi connectivity index (χ3v) is 5.94. The molecule has 1 atom stereocenters. The van der Waals surface area contributed by atoms with E-state index >= 15 is 0 Å². The maximum atomic E-state index is 5.72. The average Bonchev–Trinajstić information content (AvgIpc) is 3.20. The maximum Gasteiger partial charge on any atom is 0.130 e. The molecular weight excluding hydrogens is 392 g/mol. The normalized spacial score (nSPS) is 16.3. The zero-order chi connectivity index (χ0) is 21.8. The van der Waals surface area contributed by atoms with Crippen molar-refractivity contribution < 1.29 is 18.9 Å². The molecule has 0 saturated carbocycles. The molecule has 6 heteroatoms. The summed E-state index contributed by atoms with van der Waals surface area (Å²) in [6, 6.07) is 16.6. The van der Waals surface area contributed by atoms with Crippen LogP contribution < -0.4 is 18.9 Å². The summed E-state index contributed by atoms with van der Waals surface area (Å²) in [6.07, 6.45) is 3.23. The van der Waals surface area contributed by atoms with Gasteiger partial charge >= 0.3 is 0 Å². The lowest BCUT2D eigenvalue weighted by molar-refractivity contribution is 0.213. The van der Waals surface area contributed by atoms with E-state index in [9.17, 15) is 0 Å². The van der Waals surface area contributed by atoms with Crippen LogP contribution in [0.2, 0.25) is 0 Å². The van der Waals surface area contributed by atoms with Crippen LogP contribution in [0.15, 0.2) is 54.7 Å². The Morgan fingerprint density at radius 1 is 0.806 bits per heavy atom. The van der Waals surface area contributed by atoms with Crippen molar-refractivity contribution >= 4 is 0 Å². The molecule has 0 amide bonds. The summed E-state index contributed by atoms with van der Waals surface area (Å²) in [7, 11) is 6.73. The van der Waals surface area contributed by atoms with E-state index in [1.807, 2.05) is 18.2 Å². The monoisotopic (exact) mass is 422 g/mol. The highest BCUT2D eigenvalue weighted by Gasteiger charge is 2.29. The molecule has 0 radical (unpaired) electrons. The van der Waals surface area contributed by atoms with Gasteiger partial charge < -0.3 is 23.5 Å². The zero-order valence-corrected chi connectivity index (χ0v) is 18.6. The van der Waals surface area contributed by atoms with Gasteiger partial charge in [-0.25, -0.2) is 0 Å². The quantitative estimate of drug-likeness (QED) is 0.560. The van der Waals surface area contributed by atoms with Crippen molar-refractivity contribution in [2.45, 2.75) is 25.6 Å². The van der Waals surface area contributed by atoms with Crippen molar-refractivity contribution in [3.8, 4) is 23.0 Å². The Balaban J connectivity index is 1.79. The molecular formula is C25H30N2O4. The molecule has 2 aromatic carbocycles. The van der Waals surface area contributed by atoms with Crippen LogP contribution in [0.3, 0.4) is 0 Å². The van der Waals surface area contributed by atoms with E-state index in [0.29, 0.717) is 12.3 Å². The number of ether oxygens (including phenoxy) is 4. The molecule has 3 aromatic rings. The van der Waals surface area contributed by atoms with Crippen molar-refractivity contribution in [1.29, 1.82) is 0 Å². The zero-order valence-electron chi connectivity index (χ0n) is 18.6. The van der Waals surface area contributed by atoms with Crippen molar-refractivity contribution in [3.05, 3.63) is 71.5 Å². The van der Waals surface area contributed by atoms with Gasteiger partial charge in [0.25, 0.3) is 0 Å². The van der Waals surface area contributed by atoms with Crippen LogP contribution in [0.5, 0.6) is 23.0 Å². The molecule has 0 bridgehead atoms. The summed E-state index contributed by atoms with van der Waals surface area (Å²) in [5, 5.41) is 0. The van der Waals surface area contributed by atoms with Gasteiger partial charge in [0, 0.05) is 43.7 Å². The number of methoxy groups -OCH3 is 4. The molecule has 0 saturated heterocycles. The standard InChI is InChI=1S/C25H30N2O4/c1-28-19-9-5-8-18(14-19)25-22-10-6-11-26(22)12-7-13-27(25)17-21-23(30-3)15-20(29-2)16-24(21)31-4/h5-6,8-11,14-16,25H,7,12-13,17H2,1-4H3. The summed E-state index contributed by atoms with van der Waals surface area (Å²) >= 11 is 0. The highest BCUT2D eigenvalue weighted by molar-refractivity contribution is 5.51. The summed E-state index contributed by atoms with van der Waals surface area (Å²) in [6.45, 7) is 2.63. The number of nitrogens with zero attached hydrogens (tertiary/aromatic N) is 2. The van der Waals surface area contributed by atoms with Gasteiger partial charge in [-0.2, -0.15) is 0 Å². The lowest BCUT2D eigenvalue weighted by atomic mass is 10.00. The van der Waals surface area contributed by atoms with Gasteiger partial charge in [-0.1, -0.05) is 12.1 Å². The lowest BCUT2D eigenvalue weighted by Crippen LogP contribution is -2.30. The second-order valence-corrected chi connectivity index (χ2v) is 7.64. The first-order valence-corrected chi connectivity index (χ1v) is 10.5. The van der Waals surface area contributed by atoms with Crippen LogP contribution in [0.4, 0.5) is 0 Å². The van der Waals surface area contributed by atoms with E-state index in [0.717, 1.165) is 42.3 Å². The first kappa shape index (κ1) is 21.1. The van der Waals surface area contributed by atoms with Gasteiger partial charge in [0.05, 0.1) is 40.0 Å². The number of benzene rings is 2. The first-order valence-electron chi connectivity index (χ1n) is 10.5. The van der Waals surface area contributed by atoms with Crippen LogP contribution in [-0.2, 0) is 13.1 Å². The SMILES string of the molecule is COc1cccc(C2c3cccn3CCCN2Cc2c(OC)cc(OC)cc2OC)c1.